The Bertz CT molecular complexity index is 1760. The maximum absolute atomic E-state index is 14.1. The van der Waals surface area contributed by atoms with Crippen LogP contribution in [0.4, 0.5) is 0 Å². The van der Waals surface area contributed by atoms with Gasteiger partial charge in [0, 0.05) is 37.7 Å². The predicted octanol–water partition coefficient (Wildman–Crippen LogP) is 5.23. The highest BCUT2D eigenvalue weighted by Gasteiger charge is 2.29. The number of benzene rings is 2. The van der Waals surface area contributed by atoms with Gasteiger partial charge in [0.1, 0.15) is 16.7 Å². The molecule has 250 valence electrons. The first-order chi connectivity index (χ1) is 22.3. The smallest absolute Gasteiger partial charge is 0.311 e. The van der Waals surface area contributed by atoms with Crippen LogP contribution in [0, 0.1) is 0 Å². The summed E-state index contributed by atoms with van der Waals surface area (Å²) in [6.07, 6.45) is -0.570. The molecule has 3 rings (SSSR count). The second-order valence-corrected chi connectivity index (χ2v) is 9.98. The van der Waals surface area contributed by atoms with Crippen molar-refractivity contribution >= 4 is 46.8 Å². The van der Waals surface area contributed by atoms with Crippen molar-refractivity contribution in [2.24, 2.45) is 0 Å². The molecule has 1 N–H and O–H groups in total. The minimum atomic E-state index is -1.23. The van der Waals surface area contributed by atoms with E-state index in [1.165, 1.54) is 53.7 Å². The zero-order chi connectivity index (χ0) is 35.0. The minimum Gasteiger partial charge on any atom is -0.481 e. The normalized spacial score (nSPS) is 11.4. The van der Waals surface area contributed by atoms with Crippen LogP contribution >= 0.6 is 0 Å². The Kier molecular flexibility index (Phi) is 12.0. The Morgan fingerprint density at radius 2 is 1.06 bits per heavy atom. The lowest BCUT2D eigenvalue weighted by molar-refractivity contribution is -0.138. The van der Waals surface area contributed by atoms with Crippen LogP contribution in [0.5, 0.6) is 28.7 Å². The molecule has 0 saturated carbocycles. The highest BCUT2D eigenvalue weighted by Crippen LogP contribution is 2.45. The number of carbonyl (C=O) groups excluding carboxylic acids is 5. The highest BCUT2D eigenvalue weighted by molar-refractivity contribution is 5.93. The molecular formula is C33H34O14. The average Bonchev–Trinajstić information content (AvgIpc) is 3.05. The van der Waals surface area contributed by atoms with E-state index >= 15 is 0 Å². The number of carboxylic acids is 1. The third-order valence-corrected chi connectivity index (χ3v) is 6.64. The minimum absolute atomic E-state index is 0.0885. The summed E-state index contributed by atoms with van der Waals surface area (Å²) in [6.45, 7) is 8.87. The van der Waals surface area contributed by atoms with Crippen molar-refractivity contribution in [2.75, 3.05) is 0 Å². The standard InChI is InChI=1S/C33H34O14/c1-7-23(34)42-19-12-17(16(6)33(40)41)13-20-28(19)29(39)32(47-27(38)11-5)30(45-20)18-14-21(43-24(35)8-2)31(46-26(37)10-4)22(15-18)44-25(36)9-3/h12-16H,7-11H2,1-6H3,(H,40,41). The molecule has 0 aliphatic rings. The lowest BCUT2D eigenvalue weighted by Gasteiger charge is -2.18. The maximum atomic E-state index is 14.1. The zero-order valence-corrected chi connectivity index (χ0v) is 26.7. The number of rotatable bonds is 13. The van der Waals surface area contributed by atoms with Crippen LogP contribution in [-0.2, 0) is 28.8 Å². The molecule has 0 aliphatic carbocycles. The Hall–Kier alpha value is -5.53. The average molecular weight is 655 g/mol. The van der Waals surface area contributed by atoms with E-state index in [9.17, 15) is 38.7 Å². The summed E-state index contributed by atoms with van der Waals surface area (Å²) in [5.74, 6) is -8.90. The van der Waals surface area contributed by atoms with Crippen LogP contribution in [0.2, 0.25) is 0 Å². The van der Waals surface area contributed by atoms with E-state index < -0.39 is 75.9 Å². The van der Waals surface area contributed by atoms with Gasteiger partial charge < -0.3 is 33.2 Å². The molecule has 0 bridgehead atoms. The van der Waals surface area contributed by atoms with E-state index in [-0.39, 0.29) is 59.9 Å². The molecule has 47 heavy (non-hydrogen) atoms. The number of carbonyl (C=O) groups is 6. The molecule has 0 radical (unpaired) electrons. The first kappa shape index (κ1) is 35.9. The van der Waals surface area contributed by atoms with Crippen molar-refractivity contribution in [3.05, 3.63) is 40.1 Å². The van der Waals surface area contributed by atoms with Crippen molar-refractivity contribution in [1.29, 1.82) is 0 Å². The Labute approximate surface area is 268 Å². The second kappa shape index (κ2) is 15.7. The monoisotopic (exact) mass is 654 g/mol. The summed E-state index contributed by atoms with van der Waals surface area (Å²) < 4.78 is 33.1. The number of hydrogen-bond donors (Lipinski definition) is 1. The molecule has 14 heteroatoms. The van der Waals surface area contributed by atoms with E-state index in [2.05, 4.69) is 0 Å². The first-order valence-corrected chi connectivity index (χ1v) is 14.9. The molecule has 0 saturated heterocycles. The maximum Gasteiger partial charge on any atom is 0.311 e. The molecule has 1 unspecified atom stereocenters. The van der Waals surface area contributed by atoms with Gasteiger partial charge >= 0.3 is 35.8 Å². The van der Waals surface area contributed by atoms with Crippen molar-refractivity contribution in [1.82, 2.24) is 0 Å². The van der Waals surface area contributed by atoms with Gasteiger partial charge in [0.25, 0.3) is 0 Å². The van der Waals surface area contributed by atoms with Crippen LogP contribution in [0.15, 0.2) is 33.5 Å². The molecule has 0 fully saturated rings. The lowest BCUT2D eigenvalue weighted by Crippen LogP contribution is -2.17. The summed E-state index contributed by atoms with van der Waals surface area (Å²) in [5.41, 5.74) is -1.27. The molecule has 1 aromatic heterocycles. The molecular weight excluding hydrogens is 620 g/mol. The lowest BCUT2D eigenvalue weighted by atomic mass is 9.98. The van der Waals surface area contributed by atoms with Gasteiger partial charge in [-0.05, 0) is 36.8 Å². The largest absolute Gasteiger partial charge is 0.481 e. The predicted molar refractivity (Wildman–Crippen MR) is 164 cm³/mol. The number of aliphatic carboxylic acids is 1. The number of esters is 5. The van der Waals surface area contributed by atoms with Crippen molar-refractivity contribution in [3.8, 4) is 40.1 Å². The van der Waals surface area contributed by atoms with Gasteiger partial charge in [-0.3, -0.25) is 33.6 Å². The molecule has 14 nitrogen and oxygen atoms in total. The fourth-order valence-corrected chi connectivity index (χ4v) is 3.96. The molecule has 1 heterocycles. The third kappa shape index (κ3) is 8.39. The van der Waals surface area contributed by atoms with Gasteiger partial charge in [-0.2, -0.15) is 0 Å². The topological polar surface area (TPSA) is 199 Å². The van der Waals surface area contributed by atoms with E-state index in [0.717, 1.165) is 12.1 Å². The van der Waals surface area contributed by atoms with E-state index in [1.807, 2.05) is 0 Å². The fourth-order valence-electron chi connectivity index (χ4n) is 3.96. The van der Waals surface area contributed by atoms with Crippen LogP contribution < -0.4 is 29.1 Å². The summed E-state index contributed by atoms with van der Waals surface area (Å²) in [7, 11) is 0. The van der Waals surface area contributed by atoms with Crippen molar-refractivity contribution < 1.29 is 62.0 Å². The van der Waals surface area contributed by atoms with Gasteiger partial charge in [-0.15, -0.1) is 0 Å². The summed E-state index contributed by atoms with van der Waals surface area (Å²) >= 11 is 0. The van der Waals surface area contributed by atoms with Crippen LogP contribution in [0.1, 0.15) is 85.1 Å². The summed E-state index contributed by atoms with van der Waals surface area (Å²) in [6, 6.07) is 4.74. The summed E-state index contributed by atoms with van der Waals surface area (Å²) in [4.78, 5) is 87.9. The van der Waals surface area contributed by atoms with Gasteiger partial charge in [-0.25, -0.2) is 0 Å². The Morgan fingerprint density at radius 3 is 1.51 bits per heavy atom. The summed E-state index contributed by atoms with van der Waals surface area (Å²) in [5, 5.41) is 9.33. The molecule has 0 aliphatic heterocycles. The fraction of sp³-hybridized carbons (Fsp3) is 0.364. The molecule has 2 aromatic carbocycles. The Balaban J connectivity index is 2.53. The van der Waals surface area contributed by atoms with E-state index in [1.54, 1.807) is 0 Å². The molecule has 1 atom stereocenters. The van der Waals surface area contributed by atoms with Gasteiger partial charge in [0.2, 0.25) is 16.9 Å². The number of ether oxygens (including phenoxy) is 5. The quantitative estimate of drug-likeness (QED) is 0.186. The van der Waals surface area contributed by atoms with Gasteiger partial charge in [0.15, 0.2) is 17.3 Å². The number of hydrogen-bond acceptors (Lipinski definition) is 13. The second-order valence-electron chi connectivity index (χ2n) is 9.98. The zero-order valence-electron chi connectivity index (χ0n) is 26.7. The molecule has 3 aromatic rings. The number of carboxylic acid groups (broad SMARTS) is 1. The molecule has 0 amide bonds. The van der Waals surface area contributed by atoms with Gasteiger partial charge in [0.05, 0.1) is 5.92 Å². The van der Waals surface area contributed by atoms with Crippen LogP contribution in [-0.4, -0.2) is 40.9 Å². The van der Waals surface area contributed by atoms with E-state index in [0.29, 0.717) is 0 Å². The van der Waals surface area contributed by atoms with E-state index in [4.69, 9.17) is 28.1 Å². The van der Waals surface area contributed by atoms with Crippen molar-refractivity contribution in [3.63, 3.8) is 0 Å². The van der Waals surface area contributed by atoms with Gasteiger partial charge in [-0.1, -0.05) is 34.6 Å². The Morgan fingerprint density at radius 1 is 0.638 bits per heavy atom. The van der Waals surface area contributed by atoms with Crippen molar-refractivity contribution in [2.45, 2.75) is 79.6 Å². The third-order valence-electron chi connectivity index (χ3n) is 6.64. The molecule has 0 spiro atoms. The van der Waals surface area contributed by atoms with Crippen LogP contribution in [0.25, 0.3) is 22.3 Å². The number of fused-ring (bicyclic) bond motifs is 1. The highest BCUT2D eigenvalue weighted by atomic mass is 16.6. The first-order valence-electron chi connectivity index (χ1n) is 14.9. The SMILES string of the molecule is CCC(=O)Oc1cc(-c2oc3cc(C(C)C(=O)O)cc(OC(=O)CC)c3c(=O)c2OC(=O)CC)cc(OC(=O)CC)c1OC(=O)CC. The van der Waals surface area contributed by atoms with Crippen LogP contribution in [0.3, 0.4) is 0 Å².